The SMILES string of the molecule is C1=CC(C=Nc2ccc3ccccc3c2)C=C1. The molecule has 3 rings (SSSR count). The fourth-order valence-corrected chi connectivity index (χ4v) is 1.98. The van der Waals surface area contributed by atoms with Crippen LogP contribution in [0.5, 0.6) is 0 Å². The van der Waals surface area contributed by atoms with Crippen LogP contribution >= 0.6 is 0 Å². The standard InChI is InChI=1S/C16H13N/c1-2-6-13(5-1)12-17-16-10-9-14-7-3-4-8-15(14)11-16/h1-13H. The molecule has 0 amide bonds. The first-order chi connectivity index (χ1) is 8.42. The Balaban J connectivity index is 1.90. The number of nitrogens with zero attached hydrogens (tertiary/aromatic N) is 1. The molecule has 0 aliphatic heterocycles. The van der Waals surface area contributed by atoms with Gasteiger partial charge in [0.15, 0.2) is 0 Å². The van der Waals surface area contributed by atoms with Gasteiger partial charge in [0.25, 0.3) is 0 Å². The minimum Gasteiger partial charge on any atom is -0.260 e. The van der Waals surface area contributed by atoms with Gasteiger partial charge in [-0.3, -0.25) is 4.99 Å². The molecule has 1 heteroatoms. The van der Waals surface area contributed by atoms with Crippen molar-refractivity contribution in [2.24, 2.45) is 10.9 Å². The zero-order valence-electron chi connectivity index (χ0n) is 9.45. The third kappa shape index (κ3) is 2.18. The van der Waals surface area contributed by atoms with Crippen LogP contribution in [0.4, 0.5) is 5.69 Å². The van der Waals surface area contributed by atoms with Gasteiger partial charge in [0.05, 0.1) is 5.69 Å². The number of allylic oxidation sites excluding steroid dienone is 4. The van der Waals surface area contributed by atoms with Crippen molar-refractivity contribution in [1.82, 2.24) is 0 Å². The first kappa shape index (κ1) is 10.0. The molecule has 0 aromatic heterocycles. The number of hydrogen-bond donors (Lipinski definition) is 0. The summed E-state index contributed by atoms with van der Waals surface area (Å²) >= 11 is 0. The number of hydrogen-bond acceptors (Lipinski definition) is 1. The summed E-state index contributed by atoms with van der Waals surface area (Å²) in [5, 5.41) is 2.49. The molecule has 2 aromatic rings. The van der Waals surface area contributed by atoms with Crippen molar-refractivity contribution >= 4 is 22.7 Å². The molecule has 0 N–H and O–H groups in total. The summed E-state index contributed by atoms with van der Waals surface area (Å²) in [5.41, 5.74) is 1.01. The summed E-state index contributed by atoms with van der Waals surface area (Å²) in [6.07, 6.45) is 10.3. The lowest BCUT2D eigenvalue weighted by molar-refractivity contribution is 1.19. The molecule has 0 bridgehead atoms. The lowest BCUT2D eigenvalue weighted by atomic mass is 10.1. The van der Waals surface area contributed by atoms with E-state index in [1.165, 1.54) is 10.8 Å². The van der Waals surface area contributed by atoms with E-state index in [4.69, 9.17) is 0 Å². The van der Waals surface area contributed by atoms with E-state index < -0.39 is 0 Å². The highest BCUT2D eigenvalue weighted by molar-refractivity contribution is 5.86. The highest BCUT2D eigenvalue weighted by Gasteiger charge is 1.99. The van der Waals surface area contributed by atoms with Gasteiger partial charge in [-0.1, -0.05) is 54.6 Å². The molecule has 82 valence electrons. The van der Waals surface area contributed by atoms with Crippen LogP contribution in [0.2, 0.25) is 0 Å². The Labute approximate surface area is 101 Å². The molecule has 0 atom stereocenters. The van der Waals surface area contributed by atoms with Gasteiger partial charge in [-0.05, 0) is 22.9 Å². The topological polar surface area (TPSA) is 12.4 Å². The van der Waals surface area contributed by atoms with Gasteiger partial charge in [-0.15, -0.1) is 0 Å². The van der Waals surface area contributed by atoms with Gasteiger partial charge in [0.1, 0.15) is 0 Å². The van der Waals surface area contributed by atoms with Crippen LogP contribution in [0.25, 0.3) is 10.8 Å². The van der Waals surface area contributed by atoms with Crippen LogP contribution < -0.4 is 0 Å². The van der Waals surface area contributed by atoms with E-state index in [9.17, 15) is 0 Å². The molecule has 0 saturated carbocycles. The first-order valence-corrected chi connectivity index (χ1v) is 5.80. The first-order valence-electron chi connectivity index (χ1n) is 5.80. The van der Waals surface area contributed by atoms with Crippen LogP contribution in [0, 0.1) is 5.92 Å². The predicted molar refractivity (Wildman–Crippen MR) is 73.9 cm³/mol. The average molecular weight is 219 g/mol. The van der Waals surface area contributed by atoms with Gasteiger partial charge in [-0.25, -0.2) is 0 Å². The van der Waals surface area contributed by atoms with Crippen LogP contribution in [0.1, 0.15) is 0 Å². The maximum absolute atomic E-state index is 4.51. The Morgan fingerprint density at radius 1 is 0.882 bits per heavy atom. The van der Waals surface area contributed by atoms with Gasteiger partial charge < -0.3 is 0 Å². The molecule has 0 unspecified atom stereocenters. The summed E-state index contributed by atoms with van der Waals surface area (Å²) in [7, 11) is 0. The number of benzene rings is 2. The van der Waals surface area contributed by atoms with E-state index in [1.54, 1.807) is 0 Å². The van der Waals surface area contributed by atoms with Crippen LogP contribution in [-0.2, 0) is 0 Å². The van der Waals surface area contributed by atoms with Crippen molar-refractivity contribution in [3.8, 4) is 0 Å². The van der Waals surface area contributed by atoms with Crippen molar-refractivity contribution in [3.05, 3.63) is 66.8 Å². The fraction of sp³-hybridized carbons (Fsp3) is 0.0625. The van der Waals surface area contributed by atoms with Crippen molar-refractivity contribution < 1.29 is 0 Å². The fourth-order valence-electron chi connectivity index (χ4n) is 1.98. The lowest BCUT2D eigenvalue weighted by Crippen LogP contribution is -1.88. The van der Waals surface area contributed by atoms with Gasteiger partial charge in [0.2, 0.25) is 0 Å². The lowest BCUT2D eigenvalue weighted by Gasteiger charge is -2.00. The summed E-state index contributed by atoms with van der Waals surface area (Å²) in [6.45, 7) is 0. The van der Waals surface area contributed by atoms with E-state index in [-0.39, 0.29) is 0 Å². The minimum atomic E-state index is 0.349. The zero-order valence-corrected chi connectivity index (χ0v) is 9.45. The minimum absolute atomic E-state index is 0.349. The molecule has 2 aromatic carbocycles. The van der Waals surface area contributed by atoms with Gasteiger partial charge >= 0.3 is 0 Å². The average Bonchev–Trinajstić information content (AvgIpc) is 2.89. The molecular weight excluding hydrogens is 206 g/mol. The highest BCUT2D eigenvalue weighted by atomic mass is 14.7. The molecule has 0 heterocycles. The molecule has 1 aliphatic rings. The van der Waals surface area contributed by atoms with Crippen LogP contribution in [0.3, 0.4) is 0 Å². The van der Waals surface area contributed by atoms with Gasteiger partial charge in [-0.2, -0.15) is 0 Å². The van der Waals surface area contributed by atoms with Crippen LogP contribution in [0.15, 0.2) is 71.8 Å². The zero-order chi connectivity index (χ0) is 11.5. The number of fused-ring (bicyclic) bond motifs is 1. The Kier molecular flexibility index (Phi) is 2.59. The summed E-state index contributed by atoms with van der Waals surface area (Å²) in [6, 6.07) is 14.6. The van der Waals surface area contributed by atoms with E-state index in [0.717, 1.165) is 5.69 Å². The van der Waals surface area contributed by atoms with E-state index in [0.29, 0.717) is 5.92 Å². The smallest absolute Gasteiger partial charge is 0.0632 e. The Morgan fingerprint density at radius 2 is 1.65 bits per heavy atom. The molecule has 0 fully saturated rings. The van der Waals surface area contributed by atoms with E-state index in [1.807, 2.05) is 6.21 Å². The molecule has 1 nitrogen and oxygen atoms in total. The summed E-state index contributed by atoms with van der Waals surface area (Å²) in [4.78, 5) is 4.51. The summed E-state index contributed by atoms with van der Waals surface area (Å²) < 4.78 is 0. The second-order valence-corrected chi connectivity index (χ2v) is 4.16. The quantitative estimate of drug-likeness (QED) is 0.668. The molecule has 0 saturated heterocycles. The van der Waals surface area contributed by atoms with Crippen molar-refractivity contribution in [2.75, 3.05) is 0 Å². The summed E-state index contributed by atoms with van der Waals surface area (Å²) in [5.74, 6) is 0.349. The normalized spacial score (nSPS) is 15.3. The third-order valence-electron chi connectivity index (χ3n) is 2.91. The maximum atomic E-state index is 4.51. The third-order valence-corrected chi connectivity index (χ3v) is 2.91. The maximum Gasteiger partial charge on any atom is 0.0632 e. The molecular formula is C16H13N. The number of aliphatic imine (C=N–C) groups is 1. The second kappa shape index (κ2) is 4.38. The molecule has 0 spiro atoms. The molecule has 0 radical (unpaired) electrons. The Bertz CT molecular complexity index is 608. The highest BCUT2D eigenvalue weighted by Crippen LogP contribution is 2.21. The second-order valence-electron chi connectivity index (χ2n) is 4.16. The van der Waals surface area contributed by atoms with Crippen LogP contribution in [-0.4, -0.2) is 6.21 Å². The number of rotatable bonds is 2. The Morgan fingerprint density at radius 3 is 2.47 bits per heavy atom. The molecule has 17 heavy (non-hydrogen) atoms. The van der Waals surface area contributed by atoms with Crippen molar-refractivity contribution in [1.29, 1.82) is 0 Å². The van der Waals surface area contributed by atoms with Crippen molar-refractivity contribution in [3.63, 3.8) is 0 Å². The van der Waals surface area contributed by atoms with E-state index >= 15 is 0 Å². The predicted octanol–water partition coefficient (Wildman–Crippen LogP) is 4.28. The van der Waals surface area contributed by atoms with E-state index in [2.05, 4.69) is 71.8 Å². The Hall–Kier alpha value is -2.15. The molecule has 1 aliphatic carbocycles. The monoisotopic (exact) mass is 219 g/mol. The largest absolute Gasteiger partial charge is 0.260 e. The van der Waals surface area contributed by atoms with Gasteiger partial charge in [0, 0.05) is 12.1 Å². The van der Waals surface area contributed by atoms with Crippen molar-refractivity contribution in [2.45, 2.75) is 0 Å².